The summed E-state index contributed by atoms with van der Waals surface area (Å²) in [6.07, 6.45) is 2.11. The van der Waals surface area contributed by atoms with Gasteiger partial charge in [0.1, 0.15) is 11.5 Å². The molecule has 0 atom stereocenters. The summed E-state index contributed by atoms with van der Waals surface area (Å²) >= 11 is 0. The second-order valence-electron chi connectivity index (χ2n) is 3.67. The standard InChI is InChI=1S/C13H19NO2/c1-10(9-14-2)5-11-6-12(15-3)8-13(7-11)16-4/h5-8,14H,9H2,1-4H3. The Bertz CT molecular complexity index is 350. The van der Waals surface area contributed by atoms with Crippen molar-refractivity contribution in [2.75, 3.05) is 27.8 Å². The highest BCUT2D eigenvalue weighted by Crippen LogP contribution is 2.23. The molecular weight excluding hydrogens is 202 g/mol. The Kier molecular flexibility index (Phi) is 4.86. The molecule has 16 heavy (non-hydrogen) atoms. The van der Waals surface area contributed by atoms with Crippen molar-refractivity contribution in [3.63, 3.8) is 0 Å². The van der Waals surface area contributed by atoms with Gasteiger partial charge in [-0.3, -0.25) is 0 Å². The van der Waals surface area contributed by atoms with Gasteiger partial charge in [-0.15, -0.1) is 0 Å². The first-order valence-electron chi connectivity index (χ1n) is 5.24. The van der Waals surface area contributed by atoms with Gasteiger partial charge in [0.15, 0.2) is 0 Å². The molecule has 0 saturated carbocycles. The van der Waals surface area contributed by atoms with Crippen LogP contribution in [0.1, 0.15) is 12.5 Å². The van der Waals surface area contributed by atoms with E-state index in [2.05, 4.69) is 18.3 Å². The van der Waals surface area contributed by atoms with Crippen LogP contribution in [0.2, 0.25) is 0 Å². The molecule has 0 aromatic heterocycles. The van der Waals surface area contributed by atoms with Gasteiger partial charge in [0.05, 0.1) is 14.2 Å². The fourth-order valence-electron chi connectivity index (χ4n) is 1.53. The number of nitrogens with one attached hydrogen (secondary N) is 1. The summed E-state index contributed by atoms with van der Waals surface area (Å²) in [7, 11) is 5.24. The topological polar surface area (TPSA) is 30.5 Å². The summed E-state index contributed by atoms with van der Waals surface area (Å²) in [6.45, 7) is 2.96. The maximum absolute atomic E-state index is 5.21. The predicted octanol–water partition coefficient (Wildman–Crippen LogP) is 2.33. The van der Waals surface area contributed by atoms with Crippen molar-refractivity contribution in [2.45, 2.75) is 6.92 Å². The summed E-state index contributed by atoms with van der Waals surface area (Å²) in [4.78, 5) is 0. The number of hydrogen-bond donors (Lipinski definition) is 1. The molecule has 0 saturated heterocycles. The van der Waals surface area contributed by atoms with Crippen LogP contribution in [-0.4, -0.2) is 27.8 Å². The molecule has 0 aliphatic heterocycles. The van der Waals surface area contributed by atoms with Gasteiger partial charge in [-0.2, -0.15) is 0 Å². The molecule has 1 rings (SSSR count). The van der Waals surface area contributed by atoms with Crippen LogP contribution in [0.4, 0.5) is 0 Å². The Balaban J connectivity index is 2.99. The lowest BCUT2D eigenvalue weighted by Gasteiger charge is -2.07. The van der Waals surface area contributed by atoms with E-state index in [1.54, 1.807) is 14.2 Å². The van der Waals surface area contributed by atoms with Crippen molar-refractivity contribution in [2.24, 2.45) is 0 Å². The van der Waals surface area contributed by atoms with E-state index < -0.39 is 0 Å². The summed E-state index contributed by atoms with van der Waals surface area (Å²) in [5.74, 6) is 1.62. The van der Waals surface area contributed by atoms with E-state index in [9.17, 15) is 0 Å². The number of methoxy groups -OCH3 is 2. The third kappa shape index (κ3) is 3.59. The van der Waals surface area contributed by atoms with Gasteiger partial charge in [0, 0.05) is 12.6 Å². The molecule has 3 heteroatoms. The number of rotatable bonds is 5. The molecular formula is C13H19NO2. The van der Waals surface area contributed by atoms with Crippen LogP contribution in [0.5, 0.6) is 11.5 Å². The minimum absolute atomic E-state index is 0.808. The van der Waals surface area contributed by atoms with Gasteiger partial charge in [-0.05, 0) is 31.7 Å². The van der Waals surface area contributed by atoms with Gasteiger partial charge in [0.2, 0.25) is 0 Å². The number of hydrogen-bond acceptors (Lipinski definition) is 3. The van der Waals surface area contributed by atoms with Crippen LogP contribution in [0.15, 0.2) is 23.8 Å². The normalized spacial score (nSPS) is 11.4. The van der Waals surface area contributed by atoms with E-state index in [1.165, 1.54) is 5.57 Å². The van der Waals surface area contributed by atoms with Crippen molar-refractivity contribution >= 4 is 6.08 Å². The largest absolute Gasteiger partial charge is 0.497 e. The van der Waals surface area contributed by atoms with Crippen LogP contribution >= 0.6 is 0 Å². The molecule has 0 aliphatic carbocycles. The first-order chi connectivity index (χ1) is 7.69. The second kappa shape index (κ2) is 6.18. The van der Waals surface area contributed by atoms with Crippen molar-refractivity contribution in [1.82, 2.24) is 5.32 Å². The quantitative estimate of drug-likeness (QED) is 0.827. The fourth-order valence-corrected chi connectivity index (χ4v) is 1.53. The summed E-state index contributed by atoms with van der Waals surface area (Å²) in [5, 5.41) is 3.11. The molecule has 1 aromatic carbocycles. The average molecular weight is 221 g/mol. The van der Waals surface area contributed by atoms with E-state index in [0.29, 0.717) is 0 Å². The Morgan fingerprint density at radius 3 is 2.19 bits per heavy atom. The number of likely N-dealkylation sites (N-methyl/N-ethyl adjacent to an activating group) is 1. The number of ether oxygens (including phenoxy) is 2. The molecule has 3 nitrogen and oxygen atoms in total. The van der Waals surface area contributed by atoms with Crippen molar-refractivity contribution in [3.8, 4) is 11.5 Å². The molecule has 0 heterocycles. The Morgan fingerprint density at radius 1 is 1.19 bits per heavy atom. The monoisotopic (exact) mass is 221 g/mol. The van der Waals surface area contributed by atoms with Gasteiger partial charge in [-0.1, -0.05) is 11.6 Å². The molecule has 0 bridgehead atoms. The molecule has 1 aromatic rings. The highest BCUT2D eigenvalue weighted by atomic mass is 16.5. The van der Waals surface area contributed by atoms with Crippen LogP contribution in [-0.2, 0) is 0 Å². The molecule has 0 aliphatic rings. The zero-order valence-electron chi connectivity index (χ0n) is 10.3. The molecule has 0 unspecified atom stereocenters. The lowest BCUT2D eigenvalue weighted by atomic mass is 10.1. The molecule has 0 fully saturated rings. The smallest absolute Gasteiger partial charge is 0.123 e. The molecule has 0 amide bonds. The summed E-state index contributed by atoms with van der Waals surface area (Å²) in [5.41, 5.74) is 2.35. The maximum atomic E-state index is 5.21. The lowest BCUT2D eigenvalue weighted by molar-refractivity contribution is 0.394. The Labute approximate surface area is 97.1 Å². The van der Waals surface area contributed by atoms with Gasteiger partial charge >= 0.3 is 0 Å². The third-order valence-corrected chi connectivity index (χ3v) is 2.24. The fraction of sp³-hybridized carbons (Fsp3) is 0.385. The third-order valence-electron chi connectivity index (χ3n) is 2.24. The molecule has 88 valence electrons. The minimum atomic E-state index is 0.808. The molecule has 1 N–H and O–H groups in total. The van der Waals surface area contributed by atoms with Crippen LogP contribution in [0.25, 0.3) is 6.08 Å². The minimum Gasteiger partial charge on any atom is -0.497 e. The summed E-state index contributed by atoms with van der Waals surface area (Å²) in [6, 6.07) is 5.84. The zero-order chi connectivity index (χ0) is 12.0. The summed E-state index contributed by atoms with van der Waals surface area (Å²) < 4.78 is 10.4. The van der Waals surface area contributed by atoms with Crippen molar-refractivity contribution in [3.05, 3.63) is 29.3 Å². The Morgan fingerprint density at radius 2 is 1.75 bits per heavy atom. The Hall–Kier alpha value is -1.48. The van der Waals surface area contributed by atoms with E-state index in [1.807, 2.05) is 25.2 Å². The highest BCUT2D eigenvalue weighted by molar-refractivity contribution is 5.57. The van der Waals surface area contributed by atoms with Crippen molar-refractivity contribution in [1.29, 1.82) is 0 Å². The zero-order valence-corrected chi connectivity index (χ0v) is 10.3. The van der Waals surface area contributed by atoms with E-state index in [0.717, 1.165) is 23.6 Å². The highest BCUT2D eigenvalue weighted by Gasteiger charge is 2.00. The van der Waals surface area contributed by atoms with Crippen LogP contribution in [0.3, 0.4) is 0 Å². The van der Waals surface area contributed by atoms with Crippen LogP contribution < -0.4 is 14.8 Å². The molecule has 0 radical (unpaired) electrons. The van der Waals surface area contributed by atoms with E-state index in [-0.39, 0.29) is 0 Å². The average Bonchev–Trinajstić information content (AvgIpc) is 2.28. The first kappa shape index (κ1) is 12.6. The SMILES string of the molecule is CNCC(C)=Cc1cc(OC)cc(OC)c1. The van der Waals surface area contributed by atoms with Crippen molar-refractivity contribution < 1.29 is 9.47 Å². The van der Waals surface area contributed by atoms with Gasteiger partial charge in [0.25, 0.3) is 0 Å². The first-order valence-corrected chi connectivity index (χ1v) is 5.24. The lowest BCUT2D eigenvalue weighted by Crippen LogP contribution is -2.08. The molecule has 0 spiro atoms. The predicted molar refractivity (Wildman–Crippen MR) is 67.1 cm³/mol. The van der Waals surface area contributed by atoms with Gasteiger partial charge in [-0.25, -0.2) is 0 Å². The van der Waals surface area contributed by atoms with E-state index in [4.69, 9.17) is 9.47 Å². The van der Waals surface area contributed by atoms with Gasteiger partial charge < -0.3 is 14.8 Å². The maximum Gasteiger partial charge on any atom is 0.123 e. The van der Waals surface area contributed by atoms with Crippen LogP contribution in [0, 0.1) is 0 Å². The van der Waals surface area contributed by atoms with E-state index >= 15 is 0 Å². The second-order valence-corrected chi connectivity index (χ2v) is 3.67. The number of benzene rings is 1.